The normalized spacial score (nSPS) is 10.9. The van der Waals surface area contributed by atoms with E-state index < -0.39 is 11.5 Å². The molecule has 1 aromatic carbocycles. The van der Waals surface area contributed by atoms with Crippen molar-refractivity contribution in [1.29, 1.82) is 0 Å². The first-order chi connectivity index (χ1) is 11.8. The second-order valence-corrected chi connectivity index (χ2v) is 6.34. The maximum absolute atomic E-state index is 12.0. The number of aromatic amines is 1. The maximum Gasteiger partial charge on any atom is 0.341 e. The molecule has 6 heteroatoms. The molecule has 0 saturated heterocycles. The lowest BCUT2D eigenvalue weighted by molar-refractivity contribution is 0.0695. The molecule has 0 aliphatic rings. The molecule has 0 radical (unpaired) electrons. The summed E-state index contributed by atoms with van der Waals surface area (Å²) in [7, 11) is 6.13. The van der Waals surface area contributed by atoms with Crippen molar-refractivity contribution in [3.05, 3.63) is 51.8 Å². The van der Waals surface area contributed by atoms with Gasteiger partial charge in [0.2, 0.25) is 0 Å². The summed E-state index contributed by atoms with van der Waals surface area (Å²) in [5.41, 5.74) is 2.65. The van der Waals surface area contributed by atoms with Crippen LogP contribution in [-0.2, 0) is 6.42 Å². The van der Waals surface area contributed by atoms with Crippen LogP contribution in [-0.4, -0.2) is 55.2 Å². The largest absolute Gasteiger partial charge is 0.477 e. The van der Waals surface area contributed by atoms with Gasteiger partial charge in [-0.15, -0.1) is 0 Å². The van der Waals surface area contributed by atoms with Gasteiger partial charge in [-0.3, -0.25) is 4.79 Å². The summed E-state index contributed by atoms with van der Waals surface area (Å²) in [6.45, 7) is 3.81. The average molecular weight is 343 g/mol. The van der Waals surface area contributed by atoms with E-state index in [0.717, 1.165) is 29.9 Å². The van der Waals surface area contributed by atoms with E-state index >= 15 is 0 Å². The van der Waals surface area contributed by atoms with Crippen LogP contribution in [0.2, 0.25) is 0 Å². The van der Waals surface area contributed by atoms with Gasteiger partial charge < -0.3 is 19.9 Å². The van der Waals surface area contributed by atoms with Gasteiger partial charge in [0.25, 0.3) is 5.56 Å². The molecule has 134 valence electrons. The van der Waals surface area contributed by atoms with E-state index in [1.54, 1.807) is 0 Å². The first kappa shape index (κ1) is 18.7. The van der Waals surface area contributed by atoms with Crippen LogP contribution in [0, 0.1) is 0 Å². The number of carboxylic acids is 1. The highest BCUT2D eigenvalue weighted by Gasteiger charge is 2.14. The number of H-pyrrole nitrogens is 1. The summed E-state index contributed by atoms with van der Waals surface area (Å²) < 4.78 is 0. The lowest BCUT2D eigenvalue weighted by Crippen LogP contribution is -2.28. The quantitative estimate of drug-likeness (QED) is 0.807. The topological polar surface area (TPSA) is 76.6 Å². The Hall–Kier alpha value is -2.60. The van der Waals surface area contributed by atoms with E-state index in [0.29, 0.717) is 12.1 Å². The molecule has 2 rings (SSSR count). The monoisotopic (exact) mass is 343 g/mol. The zero-order valence-electron chi connectivity index (χ0n) is 15.2. The number of carbonyl (C=O) groups is 1. The van der Waals surface area contributed by atoms with Crippen molar-refractivity contribution in [2.24, 2.45) is 0 Å². The van der Waals surface area contributed by atoms with Gasteiger partial charge in [0.15, 0.2) is 0 Å². The number of aromatic nitrogens is 1. The van der Waals surface area contributed by atoms with Crippen molar-refractivity contribution in [2.75, 3.05) is 39.1 Å². The predicted molar refractivity (Wildman–Crippen MR) is 101 cm³/mol. The molecule has 0 aliphatic heterocycles. The van der Waals surface area contributed by atoms with Crippen molar-refractivity contribution in [1.82, 2.24) is 9.88 Å². The number of nitrogens with one attached hydrogen (secondary N) is 1. The summed E-state index contributed by atoms with van der Waals surface area (Å²) in [6, 6.07) is 9.38. The second kappa shape index (κ2) is 7.98. The van der Waals surface area contributed by atoms with Crippen LogP contribution >= 0.6 is 0 Å². The molecule has 0 amide bonds. The highest BCUT2D eigenvalue weighted by molar-refractivity contribution is 5.88. The minimum Gasteiger partial charge on any atom is -0.477 e. The fourth-order valence-electron chi connectivity index (χ4n) is 2.63. The van der Waals surface area contributed by atoms with E-state index in [4.69, 9.17) is 5.11 Å². The van der Waals surface area contributed by atoms with Gasteiger partial charge in [0.05, 0.1) is 5.69 Å². The molecule has 25 heavy (non-hydrogen) atoms. The number of hydrogen-bond donors (Lipinski definition) is 2. The summed E-state index contributed by atoms with van der Waals surface area (Å²) in [6.07, 6.45) is 0.636. The number of pyridine rings is 1. The summed E-state index contributed by atoms with van der Waals surface area (Å²) in [4.78, 5) is 30.2. The standard InChI is InChI=1S/C19H25N3O3/c1-5-13-12-16(19(24)25)18(23)20-17(13)14-6-8-15(9-7-14)22(4)11-10-21(2)3/h6-9,12H,5,10-11H2,1-4H3,(H,20,23)(H,24,25). The van der Waals surface area contributed by atoms with Gasteiger partial charge in [0.1, 0.15) is 5.56 Å². The number of aryl methyl sites for hydroxylation is 1. The molecule has 0 atom stereocenters. The Morgan fingerprint density at radius 3 is 2.28 bits per heavy atom. The van der Waals surface area contributed by atoms with Gasteiger partial charge in [-0.25, -0.2) is 4.79 Å². The van der Waals surface area contributed by atoms with Crippen LogP contribution in [0.4, 0.5) is 5.69 Å². The maximum atomic E-state index is 12.0. The van der Waals surface area contributed by atoms with Crippen LogP contribution in [0.15, 0.2) is 35.1 Å². The van der Waals surface area contributed by atoms with E-state index in [1.807, 2.05) is 52.3 Å². The Morgan fingerprint density at radius 2 is 1.76 bits per heavy atom. The molecule has 1 aromatic heterocycles. The number of likely N-dealkylation sites (N-methyl/N-ethyl adjacent to an activating group) is 2. The van der Waals surface area contributed by atoms with Crippen LogP contribution in [0.25, 0.3) is 11.3 Å². The highest BCUT2D eigenvalue weighted by atomic mass is 16.4. The molecule has 0 saturated carbocycles. The van der Waals surface area contributed by atoms with E-state index in [-0.39, 0.29) is 5.56 Å². The van der Waals surface area contributed by atoms with E-state index in [1.165, 1.54) is 6.07 Å². The second-order valence-electron chi connectivity index (χ2n) is 6.34. The molecule has 2 N–H and O–H groups in total. The third kappa shape index (κ3) is 4.48. The molecular weight excluding hydrogens is 318 g/mol. The smallest absolute Gasteiger partial charge is 0.341 e. The number of rotatable bonds is 7. The average Bonchev–Trinajstić information content (AvgIpc) is 2.59. The number of carboxylic acid groups (broad SMARTS) is 1. The third-order valence-corrected chi connectivity index (χ3v) is 4.21. The van der Waals surface area contributed by atoms with Gasteiger partial charge in [-0.05, 0) is 49.8 Å². The molecule has 0 aliphatic carbocycles. The lowest BCUT2D eigenvalue weighted by atomic mass is 10.0. The third-order valence-electron chi connectivity index (χ3n) is 4.21. The van der Waals surface area contributed by atoms with Crippen molar-refractivity contribution in [3.8, 4) is 11.3 Å². The van der Waals surface area contributed by atoms with Crippen molar-refractivity contribution in [3.63, 3.8) is 0 Å². The van der Waals surface area contributed by atoms with Crippen LogP contribution in [0.3, 0.4) is 0 Å². The first-order valence-corrected chi connectivity index (χ1v) is 8.29. The Kier molecular flexibility index (Phi) is 5.98. The highest BCUT2D eigenvalue weighted by Crippen LogP contribution is 2.24. The number of nitrogens with zero attached hydrogens (tertiary/aromatic N) is 2. The molecule has 2 aromatic rings. The fourth-order valence-corrected chi connectivity index (χ4v) is 2.63. The molecule has 1 heterocycles. The Bertz CT molecular complexity index is 795. The van der Waals surface area contributed by atoms with Crippen molar-refractivity contribution >= 4 is 11.7 Å². The number of anilines is 1. The Morgan fingerprint density at radius 1 is 1.12 bits per heavy atom. The van der Waals surface area contributed by atoms with Gasteiger partial charge in [-0.1, -0.05) is 19.1 Å². The number of hydrogen-bond acceptors (Lipinski definition) is 4. The van der Waals surface area contributed by atoms with Crippen molar-refractivity contribution in [2.45, 2.75) is 13.3 Å². The van der Waals surface area contributed by atoms with Crippen LogP contribution < -0.4 is 10.5 Å². The van der Waals surface area contributed by atoms with Gasteiger partial charge in [0, 0.05) is 25.8 Å². The SMILES string of the molecule is CCc1cc(C(=O)O)c(=O)[nH]c1-c1ccc(N(C)CCN(C)C)cc1. The zero-order chi connectivity index (χ0) is 18.6. The van der Waals surface area contributed by atoms with E-state index in [2.05, 4.69) is 14.8 Å². The Labute approximate surface area is 147 Å². The van der Waals surface area contributed by atoms with E-state index in [9.17, 15) is 9.59 Å². The minimum absolute atomic E-state index is 0.222. The van der Waals surface area contributed by atoms with Crippen LogP contribution in [0.5, 0.6) is 0 Å². The molecular formula is C19H25N3O3. The number of aromatic carboxylic acids is 1. The summed E-state index contributed by atoms with van der Waals surface area (Å²) in [5, 5.41) is 9.11. The number of benzene rings is 1. The van der Waals surface area contributed by atoms with Gasteiger partial charge in [-0.2, -0.15) is 0 Å². The predicted octanol–water partition coefficient (Wildman–Crippen LogP) is 2.30. The lowest BCUT2D eigenvalue weighted by Gasteiger charge is -2.22. The summed E-state index contributed by atoms with van der Waals surface area (Å²) in [5.74, 6) is -1.21. The molecule has 0 bridgehead atoms. The molecule has 0 spiro atoms. The zero-order valence-corrected chi connectivity index (χ0v) is 15.2. The molecule has 0 unspecified atom stereocenters. The summed E-state index contributed by atoms with van der Waals surface area (Å²) >= 11 is 0. The fraction of sp³-hybridized carbons (Fsp3) is 0.368. The minimum atomic E-state index is -1.21. The molecule has 6 nitrogen and oxygen atoms in total. The molecule has 0 fully saturated rings. The first-order valence-electron chi connectivity index (χ1n) is 8.29. The van der Waals surface area contributed by atoms with Crippen molar-refractivity contribution < 1.29 is 9.90 Å². The van der Waals surface area contributed by atoms with Crippen LogP contribution in [0.1, 0.15) is 22.8 Å². The van der Waals surface area contributed by atoms with Gasteiger partial charge >= 0.3 is 5.97 Å². The Balaban J connectivity index is 2.32.